The number of aryl methyl sites for hydroxylation is 1. The predicted molar refractivity (Wildman–Crippen MR) is 80.0 cm³/mol. The first kappa shape index (κ1) is 13.9. The molecule has 0 saturated heterocycles. The van der Waals surface area contributed by atoms with Crippen LogP contribution in [0.15, 0.2) is 41.4 Å². The van der Waals surface area contributed by atoms with Crippen molar-refractivity contribution in [1.29, 1.82) is 0 Å². The average Bonchev–Trinajstić information content (AvgIpc) is 2.43. The van der Waals surface area contributed by atoms with Crippen LogP contribution in [0, 0.1) is 6.92 Å². The third-order valence-electron chi connectivity index (χ3n) is 2.73. The van der Waals surface area contributed by atoms with Crippen molar-refractivity contribution >= 4 is 11.8 Å². The molecule has 3 nitrogen and oxygen atoms in total. The lowest BCUT2D eigenvalue weighted by Crippen LogP contribution is -2.07. The number of benzene rings is 1. The van der Waals surface area contributed by atoms with E-state index in [1.807, 2.05) is 38.4 Å². The molecule has 2 rings (SSSR count). The van der Waals surface area contributed by atoms with Crippen LogP contribution in [0.25, 0.3) is 0 Å². The number of nitrogens with zero attached hydrogens (tertiary/aromatic N) is 1. The van der Waals surface area contributed by atoms with Gasteiger partial charge in [-0.05, 0) is 44.5 Å². The van der Waals surface area contributed by atoms with E-state index in [9.17, 15) is 0 Å². The number of aromatic nitrogens is 1. The fourth-order valence-corrected chi connectivity index (χ4v) is 2.16. The van der Waals surface area contributed by atoms with Crippen molar-refractivity contribution in [3.63, 3.8) is 0 Å². The Hall–Kier alpha value is -1.52. The Labute approximate surface area is 118 Å². The van der Waals surface area contributed by atoms with E-state index < -0.39 is 0 Å². The highest BCUT2D eigenvalue weighted by Gasteiger charge is 2.06. The molecule has 1 aromatic heterocycles. The van der Waals surface area contributed by atoms with Gasteiger partial charge in [-0.15, -0.1) is 11.8 Å². The van der Waals surface area contributed by atoms with Crippen LogP contribution in [0.5, 0.6) is 11.5 Å². The van der Waals surface area contributed by atoms with Gasteiger partial charge in [0.05, 0.1) is 0 Å². The van der Waals surface area contributed by atoms with Crippen LogP contribution in [-0.4, -0.2) is 18.3 Å². The Kier molecular flexibility index (Phi) is 4.82. The summed E-state index contributed by atoms with van der Waals surface area (Å²) in [6, 6.07) is 10.1. The molecule has 0 bridgehead atoms. The minimum Gasteiger partial charge on any atom is -0.457 e. The van der Waals surface area contributed by atoms with Gasteiger partial charge in [0, 0.05) is 35.0 Å². The first-order valence-corrected chi connectivity index (χ1v) is 7.37. The predicted octanol–water partition coefficient (Wildman–Crippen LogP) is 3.62. The summed E-state index contributed by atoms with van der Waals surface area (Å²) in [7, 11) is 1.91. The fourth-order valence-electron chi connectivity index (χ4n) is 1.75. The molecule has 0 saturated carbocycles. The molecular weight excluding hydrogens is 256 g/mol. The van der Waals surface area contributed by atoms with E-state index in [0.717, 1.165) is 29.3 Å². The van der Waals surface area contributed by atoms with Crippen molar-refractivity contribution in [2.24, 2.45) is 0 Å². The summed E-state index contributed by atoms with van der Waals surface area (Å²) in [4.78, 5) is 5.53. The summed E-state index contributed by atoms with van der Waals surface area (Å²) < 4.78 is 5.95. The molecule has 4 heteroatoms. The first-order valence-electron chi connectivity index (χ1n) is 6.15. The second-order valence-electron chi connectivity index (χ2n) is 4.24. The lowest BCUT2D eigenvalue weighted by molar-refractivity contribution is 0.472. The van der Waals surface area contributed by atoms with E-state index in [1.54, 1.807) is 11.8 Å². The highest BCUT2D eigenvalue weighted by Crippen LogP contribution is 2.27. The lowest BCUT2D eigenvalue weighted by atomic mass is 10.2. The molecule has 0 amide bonds. The van der Waals surface area contributed by atoms with Crippen molar-refractivity contribution in [2.45, 2.75) is 18.4 Å². The number of nitrogens with one attached hydrogen (secondary N) is 1. The van der Waals surface area contributed by atoms with Crippen molar-refractivity contribution < 1.29 is 4.74 Å². The van der Waals surface area contributed by atoms with Gasteiger partial charge >= 0.3 is 0 Å². The number of pyridine rings is 1. The molecule has 1 N–H and O–H groups in total. The zero-order valence-electron chi connectivity index (χ0n) is 11.4. The average molecular weight is 274 g/mol. The second-order valence-corrected chi connectivity index (χ2v) is 5.12. The molecule has 0 aliphatic heterocycles. The molecule has 0 spiro atoms. The Morgan fingerprint density at radius 2 is 2.00 bits per heavy atom. The van der Waals surface area contributed by atoms with Gasteiger partial charge < -0.3 is 10.1 Å². The van der Waals surface area contributed by atoms with Crippen LogP contribution < -0.4 is 10.1 Å². The third-order valence-corrected chi connectivity index (χ3v) is 3.48. The highest BCUT2D eigenvalue weighted by atomic mass is 32.2. The van der Waals surface area contributed by atoms with Gasteiger partial charge in [-0.25, -0.2) is 0 Å². The van der Waals surface area contributed by atoms with E-state index >= 15 is 0 Å². The third kappa shape index (κ3) is 3.72. The Morgan fingerprint density at radius 1 is 1.26 bits per heavy atom. The molecule has 1 heterocycles. The molecule has 0 aliphatic carbocycles. The van der Waals surface area contributed by atoms with Gasteiger partial charge in [-0.2, -0.15) is 0 Å². The zero-order chi connectivity index (χ0) is 13.7. The quantitative estimate of drug-likeness (QED) is 0.844. The SMILES string of the molecule is CNCc1cnc(C)cc1Oc1ccc(SC)cc1. The van der Waals surface area contributed by atoms with Crippen molar-refractivity contribution in [3.05, 3.63) is 47.8 Å². The van der Waals surface area contributed by atoms with Gasteiger partial charge in [0.1, 0.15) is 11.5 Å². The Bertz CT molecular complexity index is 540. The fraction of sp³-hybridized carbons (Fsp3) is 0.267. The molecule has 0 radical (unpaired) electrons. The summed E-state index contributed by atoms with van der Waals surface area (Å²) in [5.74, 6) is 1.71. The molecule has 0 atom stereocenters. The first-order chi connectivity index (χ1) is 9.22. The Morgan fingerprint density at radius 3 is 2.63 bits per heavy atom. The monoisotopic (exact) mass is 274 g/mol. The molecule has 0 fully saturated rings. The van der Waals surface area contributed by atoms with Crippen LogP contribution in [0.3, 0.4) is 0 Å². The maximum Gasteiger partial charge on any atom is 0.135 e. The van der Waals surface area contributed by atoms with Crippen LogP contribution in [0.2, 0.25) is 0 Å². The summed E-state index contributed by atoms with van der Waals surface area (Å²) in [5, 5.41) is 3.12. The van der Waals surface area contributed by atoms with Gasteiger partial charge in [0.2, 0.25) is 0 Å². The zero-order valence-corrected chi connectivity index (χ0v) is 12.3. The molecular formula is C15H18N2OS. The molecule has 19 heavy (non-hydrogen) atoms. The van der Waals surface area contributed by atoms with Gasteiger partial charge in [-0.3, -0.25) is 4.98 Å². The van der Waals surface area contributed by atoms with E-state index in [4.69, 9.17) is 4.74 Å². The summed E-state index contributed by atoms with van der Waals surface area (Å²) in [6.07, 6.45) is 3.92. The van der Waals surface area contributed by atoms with Crippen molar-refractivity contribution in [3.8, 4) is 11.5 Å². The van der Waals surface area contributed by atoms with Crippen LogP contribution >= 0.6 is 11.8 Å². The van der Waals surface area contributed by atoms with E-state index in [-0.39, 0.29) is 0 Å². The number of hydrogen-bond acceptors (Lipinski definition) is 4. The van der Waals surface area contributed by atoms with Crippen LogP contribution in [0.1, 0.15) is 11.3 Å². The molecule has 100 valence electrons. The summed E-state index contributed by atoms with van der Waals surface area (Å²) in [6.45, 7) is 2.71. The summed E-state index contributed by atoms with van der Waals surface area (Å²) in [5.41, 5.74) is 2.01. The molecule has 1 aromatic carbocycles. The van der Waals surface area contributed by atoms with Gasteiger partial charge in [0.15, 0.2) is 0 Å². The standard InChI is InChI=1S/C15H18N2OS/c1-11-8-15(12(9-16-2)10-17-11)18-13-4-6-14(19-3)7-5-13/h4-8,10,16H,9H2,1-3H3. The number of hydrogen-bond donors (Lipinski definition) is 1. The van der Waals surface area contributed by atoms with E-state index in [1.165, 1.54) is 4.90 Å². The maximum absolute atomic E-state index is 5.95. The van der Waals surface area contributed by atoms with E-state index in [2.05, 4.69) is 28.7 Å². The largest absolute Gasteiger partial charge is 0.457 e. The Balaban J connectivity index is 2.23. The number of ether oxygens (including phenoxy) is 1. The van der Waals surface area contributed by atoms with Crippen molar-refractivity contribution in [2.75, 3.05) is 13.3 Å². The minimum atomic E-state index is 0.742. The van der Waals surface area contributed by atoms with Crippen molar-refractivity contribution in [1.82, 2.24) is 10.3 Å². The number of rotatable bonds is 5. The minimum absolute atomic E-state index is 0.742. The topological polar surface area (TPSA) is 34.2 Å². The molecule has 0 unspecified atom stereocenters. The lowest BCUT2D eigenvalue weighted by Gasteiger charge is -2.11. The molecule has 2 aromatic rings. The van der Waals surface area contributed by atoms with Crippen LogP contribution in [-0.2, 0) is 6.54 Å². The summed E-state index contributed by atoms with van der Waals surface area (Å²) >= 11 is 1.72. The molecule has 0 aliphatic rings. The maximum atomic E-state index is 5.95. The van der Waals surface area contributed by atoms with Gasteiger partial charge in [0.25, 0.3) is 0 Å². The highest BCUT2D eigenvalue weighted by molar-refractivity contribution is 7.98. The van der Waals surface area contributed by atoms with E-state index in [0.29, 0.717) is 0 Å². The normalized spacial score (nSPS) is 10.5. The second kappa shape index (κ2) is 6.59. The van der Waals surface area contributed by atoms with Crippen LogP contribution in [0.4, 0.5) is 0 Å². The van der Waals surface area contributed by atoms with Gasteiger partial charge in [-0.1, -0.05) is 0 Å². The smallest absolute Gasteiger partial charge is 0.135 e. The number of thioether (sulfide) groups is 1.